The minimum atomic E-state index is -2.29. The lowest BCUT2D eigenvalue weighted by Gasteiger charge is -2.02. The molecule has 74 valence electrons. The Hall–Kier alpha value is -0.900. The Morgan fingerprint density at radius 3 is 2.92 bits per heavy atom. The molecule has 0 fully saturated rings. The lowest BCUT2D eigenvalue weighted by molar-refractivity contribution is 0.145. The number of nitrogens with one attached hydrogen (secondary N) is 1. The van der Waals surface area contributed by atoms with E-state index < -0.39 is 6.43 Å². The average molecular weight is 189 g/mol. The lowest BCUT2D eigenvalue weighted by Crippen LogP contribution is -2.20. The van der Waals surface area contributed by atoms with E-state index >= 15 is 0 Å². The molecule has 0 aliphatic heterocycles. The van der Waals surface area contributed by atoms with E-state index in [1.807, 2.05) is 6.92 Å². The molecule has 0 saturated carbocycles. The van der Waals surface area contributed by atoms with Gasteiger partial charge in [-0.15, -0.1) is 0 Å². The van der Waals surface area contributed by atoms with E-state index in [1.54, 1.807) is 12.3 Å². The van der Waals surface area contributed by atoms with E-state index in [0.29, 0.717) is 6.54 Å². The third-order valence-electron chi connectivity index (χ3n) is 1.77. The maximum Gasteiger partial charge on any atom is 0.250 e. The van der Waals surface area contributed by atoms with E-state index in [4.69, 9.17) is 4.42 Å². The van der Waals surface area contributed by atoms with E-state index in [0.717, 1.165) is 17.7 Å². The van der Waals surface area contributed by atoms with Crippen molar-refractivity contribution in [3.63, 3.8) is 0 Å². The summed E-state index contributed by atoms with van der Waals surface area (Å²) in [5.74, 6) is 0.863. The van der Waals surface area contributed by atoms with Crippen LogP contribution in [0.15, 0.2) is 16.7 Å². The van der Waals surface area contributed by atoms with E-state index in [-0.39, 0.29) is 6.54 Å². The first-order valence-electron chi connectivity index (χ1n) is 4.28. The Kier molecular flexibility index (Phi) is 3.89. The summed E-state index contributed by atoms with van der Waals surface area (Å²) in [4.78, 5) is 0. The highest BCUT2D eigenvalue weighted by Gasteiger charge is 2.05. The molecule has 0 bridgehead atoms. The van der Waals surface area contributed by atoms with Gasteiger partial charge in [0, 0.05) is 18.5 Å². The number of aryl methyl sites for hydroxylation is 1. The average Bonchev–Trinajstić information content (AvgIpc) is 2.51. The molecule has 1 aromatic rings. The fraction of sp³-hybridized carbons (Fsp3) is 0.556. The fourth-order valence-electron chi connectivity index (χ4n) is 1.15. The van der Waals surface area contributed by atoms with Crippen LogP contribution in [0.2, 0.25) is 0 Å². The Labute approximate surface area is 75.9 Å². The SMILES string of the molecule is CCc1occc1CNCC(F)F. The Bertz CT molecular complexity index is 248. The molecule has 0 aliphatic carbocycles. The van der Waals surface area contributed by atoms with Crippen LogP contribution in [0, 0.1) is 0 Å². The van der Waals surface area contributed by atoms with Crippen molar-refractivity contribution in [3.8, 4) is 0 Å². The van der Waals surface area contributed by atoms with Crippen molar-refractivity contribution in [1.29, 1.82) is 0 Å². The smallest absolute Gasteiger partial charge is 0.250 e. The summed E-state index contributed by atoms with van der Waals surface area (Å²) < 4.78 is 28.7. The molecule has 1 aromatic heterocycles. The number of furan rings is 1. The van der Waals surface area contributed by atoms with Crippen molar-refractivity contribution in [2.75, 3.05) is 6.54 Å². The molecule has 0 radical (unpaired) electrons. The Morgan fingerprint density at radius 1 is 1.54 bits per heavy atom. The summed E-state index contributed by atoms with van der Waals surface area (Å²) in [5.41, 5.74) is 0.961. The van der Waals surface area contributed by atoms with Crippen molar-refractivity contribution in [1.82, 2.24) is 5.32 Å². The van der Waals surface area contributed by atoms with Gasteiger partial charge in [-0.1, -0.05) is 6.92 Å². The monoisotopic (exact) mass is 189 g/mol. The molecule has 0 spiro atoms. The molecule has 1 heterocycles. The molecular formula is C9H13F2NO. The van der Waals surface area contributed by atoms with Crippen LogP contribution in [-0.4, -0.2) is 13.0 Å². The summed E-state index contributed by atoms with van der Waals surface area (Å²) in [6.07, 6.45) is 0.0775. The van der Waals surface area contributed by atoms with Gasteiger partial charge < -0.3 is 9.73 Å². The number of hydrogen-bond acceptors (Lipinski definition) is 2. The second kappa shape index (κ2) is 4.97. The van der Waals surface area contributed by atoms with Crippen LogP contribution in [0.4, 0.5) is 8.78 Å². The standard InChI is InChI=1S/C9H13F2NO/c1-2-8-7(3-4-13-8)5-12-6-9(10)11/h3-4,9,12H,2,5-6H2,1H3. The van der Waals surface area contributed by atoms with Crippen molar-refractivity contribution < 1.29 is 13.2 Å². The topological polar surface area (TPSA) is 25.2 Å². The van der Waals surface area contributed by atoms with Gasteiger partial charge in [-0.05, 0) is 6.07 Å². The van der Waals surface area contributed by atoms with Gasteiger partial charge in [0.2, 0.25) is 0 Å². The van der Waals surface area contributed by atoms with Crippen LogP contribution in [0.3, 0.4) is 0 Å². The summed E-state index contributed by atoms with van der Waals surface area (Å²) in [6.45, 7) is 2.15. The summed E-state index contributed by atoms with van der Waals surface area (Å²) >= 11 is 0. The lowest BCUT2D eigenvalue weighted by atomic mass is 10.2. The van der Waals surface area contributed by atoms with Gasteiger partial charge in [0.1, 0.15) is 5.76 Å². The Balaban J connectivity index is 2.36. The van der Waals surface area contributed by atoms with Gasteiger partial charge in [-0.25, -0.2) is 8.78 Å². The van der Waals surface area contributed by atoms with Gasteiger partial charge in [-0.3, -0.25) is 0 Å². The molecule has 0 saturated heterocycles. The zero-order chi connectivity index (χ0) is 9.68. The highest BCUT2D eigenvalue weighted by Crippen LogP contribution is 2.10. The Morgan fingerprint density at radius 2 is 2.31 bits per heavy atom. The fourth-order valence-corrected chi connectivity index (χ4v) is 1.15. The third-order valence-corrected chi connectivity index (χ3v) is 1.77. The van der Waals surface area contributed by atoms with Crippen LogP contribution in [0.25, 0.3) is 0 Å². The van der Waals surface area contributed by atoms with E-state index in [2.05, 4.69) is 5.32 Å². The molecule has 0 unspecified atom stereocenters. The van der Waals surface area contributed by atoms with Crippen LogP contribution in [-0.2, 0) is 13.0 Å². The number of rotatable bonds is 5. The van der Waals surface area contributed by atoms with E-state index in [1.165, 1.54) is 0 Å². The highest BCUT2D eigenvalue weighted by atomic mass is 19.3. The molecule has 4 heteroatoms. The molecular weight excluding hydrogens is 176 g/mol. The van der Waals surface area contributed by atoms with Crippen molar-refractivity contribution in [2.24, 2.45) is 0 Å². The third kappa shape index (κ3) is 3.14. The molecule has 0 aliphatic rings. The quantitative estimate of drug-likeness (QED) is 0.768. The molecule has 1 N–H and O–H groups in total. The molecule has 2 nitrogen and oxygen atoms in total. The van der Waals surface area contributed by atoms with Crippen molar-refractivity contribution in [2.45, 2.75) is 26.3 Å². The first kappa shape index (κ1) is 10.2. The van der Waals surface area contributed by atoms with Gasteiger partial charge in [0.15, 0.2) is 0 Å². The number of halogens is 2. The summed E-state index contributed by atoms with van der Waals surface area (Å²) in [5, 5.41) is 2.65. The van der Waals surface area contributed by atoms with Gasteiger partial charge in [-0.2, -0.15) is 0 Å². The summed E-state index contributed by atoms with van der Waals surface area (Å²) in [6, 6.07) is 1.80. The van der Waals surface area contributed by atoms with Crippen LogP contribution in [0.5, 0.6) is 0 Å². The largest absolute Gasteiger partial charge is 0.469 e. The zero-order valence-electron chi connectivity index (χ0n) is 7.52. The first-order valence-corrected chi connectivity index (χ1v) is 4.28. The maximum atomic E-state index is 11.8. The maximum absolute atomic E-state index is 11.8. The molecule has 0 aromatic carbocycles. The first-order chi connectivity index (χ1) is 6.24. The van der Waals surface area contributed by atoms with E-state index in [9.17, 15) is 8.78 Å². The van der Waals surface area contributed by atoms with Crippen molar-refractivity contribution in [3.05, 3.63) is 23.7 Å². The summed E-state index contributed by atoms with van der Waals surface area (Å²) in [7, 11) is 0. The minimum absolute atomic E-state index is 0.270. The zero-order valence-corrected chi connectivity index (χ0v) is 7.52. The predicted molar refractivity (Wildman–Crippen MR) is 45.8 cm³/mol. The van der Waals surface area contributed by atoms with Crippen LogP contribution >= 0.6 is 0 Å². The number of hydrogen-bond donors (Lipinski definition) is 1. The minimum Gasteiger partial charge on any atom is -0.469 e. The normalized spacial score (nSPS) is 11.1. The second-order valence-electron chi connectivity index (χ2n) is 2.74. The second-order valence-corrected chi connectivity index (χ2v) is 2.74. The predicted octanol–water partition coefficient (Wildman–Crippen LogP) is 2.20. The number of alkyl halides is 2. The van der Waals surface area contributed by atoms with Crippen LogP contribution in [0.1, 0.15) is 18.2 Å². The molecule has 1 rings (SSSR count). The van der Waals surface area contributed by atoms with Gasteiger partial charge >= 0.3 is 0 Å². The molecule has 0 atom stereocenters. The molecule has 13 heavy (non-hydrogen) atoms. The highest BCUT2D eigenvalue weighted by molar-refractivity contribution is 5.16. The van der Waals surface area contributed by atoms with Crippen molar-refractivity contribution >= 4 is 0 Å². The van der Waals surface area contributed by atoms with Crippen LogP contribution < -0.4 is 5.32 Å². The molecule has 0 amide bonds. The van der Waals surface area contributed by atoms with Gasteiger partial charge in [0.25, 0.3) is 6.43 Å². The van der Waals surface area contributed by atoms with Gasteiger partial charge in [0.05, 0.1) is 12.8 Å².